The van der Waals surface area contributed by atoms with E-state index in [0.29, 0.717) is 17.6 Å². The van der Waals surface area contributed by atoms with Crippen LogP contribution in [0, 0.1) is 11.3 Å². The first-order chi connectivity index (χ1) is 9.30. The van der Waals surface area contributed by atoms with Gasteiger partial charge >= 0.3 is 0 Å². The van der Waals surface area contributed by atoms with E-state index in [0.717, 1.165) is 12.5 Å². The molecule has 2 aliphatic carbocycles. The Bertz CT molecular complexity index is 307. The summed E-state index contributed by atoms with van der Waals surface area (Å²) in [5.74, 6) is 0.815. The van der Waals surface area contributed by atoms with Crippen LogP contribution >= 0.6 is 0 Å². The lowest BCUT2D eigenvalue weighted by molar-refractivity contribution is -0.166. The molecule has 0 aromatic heterocycles. The van der Waals surface area contributed by atoms with Crippen molar-refractivity contribution in [2.75, 3.05) is 6.54 Å². The molecule has 2 atom stereocenters. The minimum absolute atomic E-state index is 0.208. The van der Waals surface area contributed by atoms with E-state index in [4.69, 9.17) is 4.74 Å². The summed E-state index contributed by atoms with van der Waals surface area (Å²) in [6.45, 7) is 12.8. The third-order valence-electron chi connectivity index (χ3n) is 5.16. The fourth-order valence-electron chi connectivity index (χ4n) is 4.29. The molecule has 2 saturated carbocycles. The maximum Gasteiger partial charge on any atom is 0.0698 e. The van der Waals surface area contributed by atoms with Gasteiger partial charge in [0.15, 0.2) is 0 Å². The van der Waals surface area contributed by atoms with Gasteiger partial charge in [0.2, 0.25) is 0 Å². The van der Waals surface area contributed by atoms with E-state index in [1.165, 1.54) is 44.9 Å². The van der Waals surface area contributed by atoms with Crippen LogP contribution in [0.2, 0.25) is 0 Å². The summed E-state index contributed by atoms with van der Waals surface area (Å²) in [5, 5.41) is 3.55. The number of ether oxygens (including phenoxy) is 1. The first-order valence-corrected chi connectivity index (χ1v) is 8.71. The van der Waals surface area contributed by atoms with Gasteiger partial charge in [-0.25, -0.2) is 0 Å². The van der Waals surface area contributed by atoms with E-state index < -0.39 is 0 Å². The van der Waals surface area contributed by atoms with Crippen molar-refractivity contribution in [2.45, 2.75) is 97.3 Å². The molecule has 0 aliphatic heterocycles. The zero-order chi connectivity index (χ0) is 14.8. The zero-order valence-corrected chi connectivity index (χ0v) is 14.3. The van der Waals surface area contributed by atoms with Gasteiger partial charge in [0.25, 0.3) is 0 Å². The topological polar surface area (TPSA) is 21.3 Å². The maximum absolute atomic E-state index is 6.66. The minimum Gasteiger partial charge on any atom is -0.372 e. The van der Waals surface area contributed by atoms with Crippen LogP contribution < -0.4 is 5.32 Å². The second-order valence-electron chi connectivity index (χ2n) is 8.55. The molecule has 0 aromatic rings. The molecule has 2 nitrogen and oxygen atoms in total. The molecule has 2 aliphatic rings. The highest BCUT2D eigenvalue weighted by molar-refractivity contribution is 4.93. The maximum atomic E-state index is 6.66. The highest BCUT2D eigenvalue weighted by Crippen LogP contribution is 2.45. The molecule has 20 heavy (non-hydrogen) atoms. The van der Waals surface area contributed by atoms with Crippen LogP contribution in [-0.2, 0) is 4.74 Å². The first-order valence-electron chi connectivity index (χ1n) is 8.71. The Morgan fingerprint density at radius 2 is 1.90 bits per heavy atom. The molecule has 2 fully saturated rings. The van der Waals surface area contributed by atoms with Crippen LogP contribution in [0.25, 0.3) is 0 Å². The van der Waals surface area contributed by atoms with Gasteiger partial charge in [0.1, 0.15) is 0 Å². The second-order valence-corrected chi connectivity index (χ2v) is 8.55. The lowest BCUT2D eigenvalue weighted by Crippen LogP contribution is -2.47. The fourth-order valence-corrected chi connectivity index (χ4v) is 4.29. The largest absolute Gasteiger partial charge is 0.372 e. The molecular weight excluding hydrogens is 246 g/mol. The Hall–Kier alpha value is -0.0800. The third kappa shape index (κ3) is 4.46. The number of hydrogen-bond donors (Lipinski definition) is 1. The Labute approximate surface area is 126 Å². The molecule has 2 rings (SSSR count). The molecule has 0 amide bonds. The summed E-state index contributed by atoms with van der Waals surface area (Å²) < 4.78 is 6.66. The van der Waals surface area contributed by atoms with Gasteiger partial charge < -0.3 is 10.1 Å². The molecule has 0 radical (unpaired) electrons. The van der Waals surface area contributed by atoms with Crippen LogP contribution in [0.4, 0.5) is 0 Å². The average molecular weight is 281 g/mol. The molecule has 2 unspecified atom stereocenters. The molecule has 0 heterocycles. The Morgan fingerprint density at radius 1 is 1.20 bits per heavy atom. The van der Waals surface area contributed by atoms with E-state index in [1.54, 1.807) is 0 Å². The van der Waals surface area contributed by atoms with Crippen LogP contribution in [0.1, 0.15) is 79.6 Å². The van der Waals surface area contributed by atoms with Crippen molar-refractivity contribution >= 4 is 0 Å². The van der Waals surface area contributed by atoms with Crippen LogP contribution in [0.5, 0.6) is 0 Å². The standard InChI is InChI=1S/C18H35NO/c1-14(2)19-10-9-18(7-6-8-18)20-16-11-15(3)12-17(4,5)13-16/h14-16,19H,6-13H2,1-5H3. The van der Waals surface area contributed by atoms with Crippen molar-refractivity contribution in [1.29, 1.82) is 0 Å². The zero-order valence-electron chi connectivity index (χ0n) is 14.3. The van der Waals surface area contributed by atoms with Crippen molar-refractivity contribution in [2.24, 2.45) is 11.3 Å². The number of hydrogen-bond acceptors (Lipinski definition) is 2. The monoisotopic (exact) mass is 281 g/mol. The summed E-state index contributed by atoms with van der Waals surface area (Å²) >= 11 is 0. The van der Waals surface area contributed by atoms with E-state index >= 15 is 0 Å². The summed E-state index contributed by atoms with van der Waals surface area (Å²) in [4.78, 5) is 0. The van der Waals surface area contributed by atoms with Gasteiger partial charge in [0, 0.05) is 6.04 Å². The molecule has 118 valence electrons. The van der Waals surface area contributed by atoms with Gasteiger partial charge in [-0.1, -0.05) is 34.6 Å². The van der Waals surface area contributed by atoms with Crippen molar-refractivity contribution in [3.8, 4) is 0 Å². The van der Waals surface area contributed by atoms with E-state index in [1.807, 2.05) is 0 Å². The van der Waals surface area contributed by atoms with E-state index in [9.17, 15) is 0 Å². The molecule has 1 N–H and O–H groups in total. The van der Waals surface area contributed by atoms with Crippen molar-refractivity contribution in [3.05, 3.63) is 0 Å². The van der Waals surface area contributed by atoms with Crippen molar-refractivity contribution < 1.29 is 4.74 Å². The SMILES string of the molecule is CC1CC(OC2(CCNC(C)C)CCC2)CC(C)(C)C1. The quantitative estimate of drug-likeness (QED) is 0.772. The average Bonchev–Trinajstić information content (AvgIpc) is 2.21. The summed E-state index contributed by atoms with van der Waals surface area (Å²) in [6.07, 6.45) is 9.46. The summed E-state index contributed by atoms with van der Waals surface area (Å²) in [6, 6.07) is 0.584. The van der Waals surface area contributed by atoms with E-state index in [-0.39, 0.29) is 5.60 Å². The fraction of sp³-hybridized carbons (Fsp3) is 1.00. The first kappa shape index (κ1) is 16.3. The van der Waals surface area contributed by atoms with Crippen molar-refractivity contribution in [1.82, 2.24) is 5.32 Å². The van der Waals surface area contributed by atoms with Gasteiger partial charge in [-0.15, -0.1) is 0 Å². The minimum atomic E-state index is 0.208. The highest BCUT2D eigenvalue weighted by atomic mass is 16.5. The predicted molar refractivity (Wildman–Crippen MR) is 86.0 cm³/mol. The van der Waals surface area contributed by atoms with E-state index in [2.05, 4.69) is 39.9 Å². The lowest BCUT2D eigenvalue weighted by Gasteiger charge is -2.48. The second kappa shape index (κ2) is 6.36. The van der Waals surface area contributed by atoms with Crippen molar-refractivity contribution in [3.63, 3.8) is 0 Å². The number of rotatable bonds is 6. The smallest absolute Gasteiger partial charge is 0.0698 e. The summed E-state index contributed by atoms with van der Waals surface area (Å²) in [7, 11) is 0. The van der Waals surface area contributed by atoms with Crippen LogP contribution in [0.3, 0.4) is 0 Å². The Morgan fingerprint density at radius 3 is 2.40 bits per heavy atom. The normalized spacial score (nSPS) is 32.1. The molecule has 2 heteroatoms. The number of nitrogens with one attached hydrogen (secondary N) is 1. The van der Waals surface area contributed by atoms with Gasteiger partial charge in [-0.3, -0.25) is 0 Å². The molecule has 0 spiro atoms. The van der Waals surface area contributed by atoms with Gasteiger partial charge in [-0.05, 0) is 62.8 Å². The molecular formula is C18H35NO. The predicted octanol–water partition coefficient (Wildman–Crippen LogP) is 4.53. The Balaban J connectivity index is 1.86. The highest BCUT2D eigenvalue weighted by Gasteiger charge is 2.42. The van der Waals surface area contributed by atoms with Crippen LogP contribution in [-0.4, -0.2) is 24.3 Å². The molecule has 0 aromatic carbocycles. The summed E-state index contributed by atoms with van der Waals surface area (Å²) in [5.41, 5.74) is 0.670. The Kier molecular flexibility index (Phi) is 5.18. The molecule has 0 bridgehead atoms. The lowest BCUT2D eigenvalue weighted by atomic mass is 9.70. The van der Waals surface area contributed by atoms with Gasteiger partial charge in [-0.2, -0.15) is 0 Å². The third-order valence-corrected chi connectivity index (χ3v) is 5.16. The molecule has 0 saturated heterocycles. The van der Waals surface area contributed by atoms with Crippen LogP contribution in [0.15, 0.2) is 0 Å². The van der Waals surface area contributed by atoms with Gasteiger partial charge in [0.05, 0.1) is 11.7 Å².